The van der Waals surface area contributed by atoms with Gasteiger partial charge in [-0.1, -0.05) is 6.42 Å². The Morgan fingerprint density at radius 1 is 1.48 bits per heavy atom. The molecule has 0 radical (unpaired) electrons. The number of nitrogens with one attached hydrogen (secondary N) is 2. The molecule has 2 fully saturated rings. The van der Waals surface area contributed by atoms with Crippen molar-refractivity contribution in [3.05, 3.63) is 23.9 Å². The standard InChI is InChI=1S/C14H15F4N3O2/c15-11(16)23-10-6-8(3-5-19-10)7-20-12(22)21-13-4-1-2-9(13)14(13,17)18/h3,5-6,9,11H,1-2,4,7H2,(H2,20,21,22). The number of amides is 2. The van der Waals surface area contributed by atoms with E-state index in [1.54, 1.807) is 0 Å². The van der Waals surface area contributed by atoms with E-state index in [0.29, 0.717) is 18.4 Å². The Balaban J connectivity index is 1.54. The summed E-state index contributed by atoms with van der Waals surface area (Å²) in [5, 5.41) is 4.81. The summed E-state index contributed by atoms with van der Waals surface area (Å²) in [6.07, 6.45) is 2.60. The van der Waals surface area contributed by atoms with E-state index in [4.69, 9.17) is 0 Å². The van der Waals surface area contributed by atoms with Gasteiger partial charge in [-0.15, -0.1) is 0 Å². The van der Waals surface area contributed by atoms with Crippen molar-refractivity contribution in [3.63, 3.8) is 0 Å². The second kappa shape index (κ2) is 5.54. The zero-order chi connectivity index (χ0) is 16.7. The quantitative estimate of drug-likeness (QED) is 0.815. The molecule has 0 aliphatic heterocycles. The highest BCUT2D eigenvalue weighted by molar-refractivity contribution is 5.76. The first kappa shape index (κ1) is 15.8. The van der Waals surface area contributed by atoms with E-state index >= 15 is 0 Å². The Morgan fingerprint density at radius 3 is 2.91 bits per heavy atom. The molecule has 2 aliphatic rings. The van der Waals surface area contributed by atoms with E-state index in [1.807, 2.05) is 0 Å². The van der Waals surface area contributed by atoms with Crippen molar-refractivity contribution >= 4 is 6.03 Å². The molecule has 3 rings (SSSR count). The normalized spacial score (nSPS) is 27.4. The van der Waals surface area contributed by atoms with Gasteiger partial charge in [0.2, 0.25) is 5.88 Å². The van der Waals surface area contributed by atoms with E-state index < -0.39 is 30.0 Å². The maximum atomic E-state index is 13.7. The van der Waals surface area contributed by atoms with Crippen LogP contribution in [0.2, 0.25) is 0 Å². The monoisotopic (exact) mass is 333 g/mol. The van der Waals surface area contributed by atoms with Gasteiger partial charge in [0.25, 0.3) is 5.92 Å². The Kier molecular flexibility index (Phi) is 3.81. The molecule has 2 atom stereocenters. The van der Waals surface area contributed by atoms with Crippen LogP contribution in [0.5, 0.6) is 5.88 Å². The number of urea groups is 1. The van der Waals surface area contributed by atoms with Crippen LogP contribution in [0.1, 0.15) is 24.8 Å². The lowest BCUT2D eigenvalue weighted by molar-refractivity contribution is -0.0529. The number of rotatable bonds is 5. The second-order valence-corrected chi connectivity index (χ2v) is 5.73. The summed E-state index contributed by atoms with van der Waals surface area (Å²) >= 11 is 0. The molecule has 0 bridgehead atoms. The average molecular weight is 333 g/mol. The highest BCUT2D eigenvalue weighted by atomic mass is 19.3. The number of nitrogens with zero attached hydrogens (tertiary/aromatic N) is 1. The Labute approximate surface area is 129 Å². The van der Waals surface area contributed by atoms with Crippen LogP contribution in [0.3, 0.4) is 0 Å². The number of carbonyl (C=O) groups is 1. The second-order valence-electron chi connectivity index (χ2n) is 5.73. The topological polar surface area (TPSA) is 63.2 Å². The number of ether oxygens (including phenoxy) is 1. The fraction of sp³-hybridized carbons (Fsp3) is 0.571. The maximum absolute atomic E-state index is 13.7. The van der Waals surface area contributed by atoms with Crippen LogP contribution in [0.4, 0.5) is 22.4 Å². The van der Waals surface area contributed by atoms with Crippen molar-refractivity contribution in [2.24, 2.45) is 5.92 Å². The molecule has 9 heteroatoms. The molecular formula is C14H15F4N3O2. The van der Waals surface area contributed by atoms with Crippen molar-refractivity contribution in [1.29, 1.82) is 0 Å². The summed E-state index contributed by atoms with van der Waals surface area (Å²) < 4.78 is 55.7. The minimum absolute atomic E-state index is 0.0136. The van der Waals surface area contributed by atoms with Gasteiger partial charge < -0.3 is 15.4 Å². The average Bonchev–Trinajstić information content (AvgIpc) is 2.79. The van der Waals surface area contributed by atoms with Gasteiger partial charge in [-0.25, -0.2) is 18.6 Å². The molecular weight excluding hydrogens is 318 g/mol. The number of aromatic nitrogens is 1. The molecule has 2 aliphatic carbocycles. The molecule has 0 spiro atoms. The Bertz CT molecular complexity index is 613. The van der Waals surface area contributed by atoms with E-state index in [2.05, 4.69) is 20.4 Å². The van der Waals surface area contributed by atoms with Gasteiger partial charge in [-0.3, -0.25) is 0 Å². The molecule has 5 nitrogen and oxygen atoms in total. The van der Waals surface area contributed by atoms with Crippen molar-refractivity contribution in [3.8, 4) is 5.88 Å². The molecule has 0 saturated heterocycles. The third-order valence-corrected chi connectivity index (χ3v) is 4.41. The molecule has 2 N–H and O–H groups in total. The Morgan fingerprint density at radius 2 is 2.26 bits per heavy atom. The highest BCUT2D eigenvalue weighted by Gasteiger charge is 2.82. The zero-order valence-corrected chi connectivity index (χ0v) is 12.0. The summed E-state index contributed by atoms with van der Waals surface area (Å²) in [6, 6.07) is 2.04. The highest BCUT2D eigenvalue weighted by Crippen LogP contribution is 2.67. The molecule has 2 amide bonds. The molecule has 2 unspecified atom stereocenters. The summed E-state index contributed by atoms with van der Waals surface area (Å²) in [5.41, 5.74) is -0.951. The lowest BCUT2D eigenvalue weighted by Gasteiger charge is -2.17. The lowest BCUT2D eigenvalue weighted by atomic mass is 10.2. The first-order chi connectivity index (χ1) is 10.8. The SMILES string of the molecule is O=C(NCc1ccnc(OC(F)F)c1)NC12CCCC1C2(F)F. The molecule has 126 valence electrons. The molecule has 0 aromatic carbocycles. The summed E-state index contributed by atoms with van der Waals surface area (Å²) in [4.78, 5) is 15.4. The van der Waals surface area contributed by atoms with Crippen LogP contribution in [-0.2, 0) is 6.54 Å². The van der Waals surface area contributed by atoms with Crippen molar-refractivity contribution in [2.45, 2.75) is 43.9 Å². The Hall–Kier alpha value is -2.06. The number of carbonyl (C=O) groups excluding carboxylic acids is 1. The van der Waals surface area contributed by atoms with Gasteiger partial charge in [-0.2, -0.15) is 8.78 Å². The predicted molar refractivity (Wildman–Crippen MR) is 71.3 cm³/mol. The zero-order valence-electron chi connectivity index (χ0n) is 12.0. The smallest absolute Gasteiger partial charge is 0.388 e. The van der Waals surface area contributed by atoms with Crippen LogP contribution in [0.15, 0.2) is 18.3 Å². The summed E-state index contributed by atoms with van der Waals surface area (Å²) in [6.45, 7) is -3.01. The fourth-order valence-electron chi connectivity index (χ4n) is 3.26. The van der Waals surface area contributed by atoms with E-state index in [1.165, 1.54) is 18.3 Å². The number of hydrogen-bond acceptors (Lipinski definition) is 3. The minimum atomic E-state index is -3.00. The van der Waals surface area contributed by atoms with Crippen LogP contribution < -0.4 is 15.4 Å². The number of fused-ring (bicyclic) bond motifs is 1. The van der Waals surface area contributed by atoms with Gasteiger partial charge in [-0.05, 0) is 24.5 Å². The van der Waals surface area contributed by atoms with Gasteiger partial charge in [0, 0.05) is 18.8 Å². The van der Waals surface area contributed by atoms with Crippen molar-refractivity contribution in [2.75, 3.05) is 0 Å². The van der Waals surface area contributed by atoms with Crippen molar-refractivity contribution < 1.29 is 27.1 Å². The number of alkyl halides is 4. The van der Waals surface area contributed by atoms with Gasteiger partial charge in [0.1, 0.15) is 5.54 Å². The van der Waals surface area contributed by atoms with E-state index in [0.717, 1.165) is 0 Å². The van der Waals surface area contributed by atoms with Crippen LogP contribution in [0, 0.1) is 5.92 Å². The van der Waals surface area contributed by atoms with Gasteiger partial charge in [0.15, 0.2) is 0 Å². The molecule has 23 heavy (non-hydrogen) atoms. The molecule has 1 aromatic heterocycles. The third kappa shape index (κ3) is 2.79. The van der Waals surface area contributed by atoms with Crippen LogP contribution in [0.25, 0.3) is 0 Å². The molecule has 1 aromatic rings. The summed E-state index contributed by atoms with van der Waals surface area (Å²) in [5.74, 6) is -3.91. The first-order valence-electron chi connectivity index (χ1n) is 7.19. The first-order valence-corrected chi connectivity index (χ1v) is 7.19. The molecule has 2 saturated carbocycles. The van der Waals surface area contributed by atoms with Crippen LogP contribution >= 0.6 is 0 Å². The van der Waals surface area contributed by atoms with Gasteiger partial charge in [0.05, 0.1) is 5.92 Å². The van der Waals surface area contributed by atoms with E-state index in [9.17, 15) is 22.4 Å². The third-order valence-electron chi connectivity index (χ3n) is 4.41. The number of hydrogen-bond donors (Lipinski definition) is 2. The van der Waals surface area contributed by atoms with E-state index in [-0.39, 0.29) is 18.8 Å². The number of pyridine rings is 1. The van der Waals surface area contributed by atoms with Crippen LogP contribution in [-0.4, -0.2) is 29.1 Å². The predicted octanol–water partition coefficient (Wildman–Crippen LogP) is 2.67. The molecule has 1 heterocycles. The van der Waals surface area contributed by atoms with Gasteiger partial charge >= 0.3 is 12.6 Å². The van der Waals surface area contributed by atoms with Crippen molar-refractivity contribution in [1.82, 2.24) is 15.6 Å². The maximum Gasteiger partial charge on any atom is 0.388 e. The minimum Gasteiger partial charge on any atom is -0.417 e. The fourth-order valence-corrected chi connectivity index (χ4v) is 3.26. The lowest BCUT2D eigenvalue weighted by Crippen LogP contribution is -2.46. The number of halogens is 4. The summed E-state index contributed by atoms with van der Waals surface area (Å²) in [7, 11) is 0. The largest absolute Gasteiger partial charge is 0.417 e.